The van der Waals surface area contributed by atoms with E-state index in [-0.39, 0.29) is 29.0 Å². The number of pyridine rings is 1. The van der Waals surface area contributed by atoms with Crippen molar-refractivity contribution in [3.63, 3.8) is 0 Å². The molecular weight excluding hydrogens is 393 g/mol. The van der Waals surface area contributed by atoms with E-state index in [0.29, 0.717) is 0 Å². The Kier molecular flexibility index (Phi) is 4.84. The molecule has 1 saturated carbocycles. The zero-order chi connectivity index (χ0) is 20.8. The summed E-state index contributed by atoms with van der Waals surface area (Å²) in [5, 5.41) is 3.06. The largest absolute Gasteiger partial charge is 0.497 e. The average molecular weight is 411 g/mol. The summed E-state index contributed by atoms with van der Waals surface area (Å²) in [7, 11) is 1.27. The predicted molar refractivity (Wildman–Crippen MR) is 98.0 cm³/mol. The van der Waals surface area contributed by atoms with E-state index in [4.69, 9.17) is 4.74 Å². The number of anilines is 1. The minimum absolute atomic E-state index is 0.0335. The number of hydrogen-bond acceptors (Lipinski definition) is 3. The lowest BCUT2D eigenvalue weighted by atomic mass is 10.1. The molecule has 0 atom stereocenters. The first kappa shape index (κ1) is 19.5. The van der Waals surface area contributed by atoms with Crippen LogP contribution in [0.4, 0.5) is 27.8 Å². The van der Waals surface area contributed by atoms with Crippen LogP contribution in [0.5, 0.6) is 5.75 Å². The number of methoxy groups -OCH3 is 1. The van der Waals surface area contributed by atoms with Gasteiger partial charge in [0.1, 0.15) is 40.2 Å². The highest BCUT2D eigenvalue weighted by Gasteiger charge is 2.36. The highest BCUT2D eigenvalue weighted by molar-refractivity contribution is 5.78. The van der Waals surface area contributed by atoms with Crippen LogP contribution in [-0.2, 0) is 6.18 Å². The minimum Gasteiger partial charge on any atom is -0.497 e. The molecule has 4 nitrogen and oxygen atoms in total. The third-order valence-electron chi connectivity index (χ3n) is 5.12. The van der Waals surface area contributed by atoms with Gasteiger partial charge < -0.3 is 10.1 Å². The van der Waals surface area contributed by atoms with Crippen molar-refractivity contribution in [1.29, 1.82) is 0 Å². The molecule has 0 bridgehead atoms. The van der Waals surface area contributed by atoms with Crippen LogP contribution >= 0.6 is 0 Å². The van der Waals surface area contributed by atoms with E-state index in [0.717, 1.165) is 48.3 Å². The maximum Gasteiger partial charge on any atom is 0.431 e. The van der Waals surface area contributed by atoms with E-state index in [1.165, 1.54) is 19.2 Å². The van der Waals surface area contributed by atoms with Crippen LogP contribution in [0.1, 0.15) is 31.4 Å². The molecule has 1 aliphatic carbocycles. The SMILES string of the molecule is COc1cc(F)c(-c2nc3cccc(C(F)(F)F)n3c2NC2CCCC2)c(F)c1. The van der Waals surface area contributed by atoms with Crippen molar-refractivity contribution in [3.05, 3.63) is 47.7 Å². The van der Waals surface area contributed by atoms with Gasteiger partial charge in [0.15, 0.2) is 0 Å². The maximum atomic E-state index is 14.7. The Hall–Kier alpha value is -2.84. The smallest absolute Gasteiger partial charge is 0.431 e. The van der Waals surface area contributed by atoms with Crippen molar-refractivity contribution < 1.29 is 26.7 Å². The van der Waals surface area contributed by atoms with Crippen LogP contribution in [0, 0.1) is 11.6 Å². The second-order valence-electron chi connectivity index (χ2n) is 7.00. The number of nitrogens with zero attached hydrogens (tertiary/aromatic N) is 2. The molecule has 1 aliphatic rings. The van der Waals surface area contributed by atoms with E-state index in [1.807, 2.05) is 0 Å². The number of benzene rings is 1. The Morgan fingerprint density at radius 3 is 2.34 bits per heavy atom. The molecule has 0 saturated heterocycles. The average Bonchev–Trinajstić information content (AvgIpc) is 3.29. The van der Waals surface area contributed by atoms with E-state index >= 15 is 0 Å². The fourth-order valence-electron chi connectivity index (χ4n) is 3.78. The van der Waals surface area contributed by atoms with Crippen LogP contribution in [0.25, 0.3) is 16.9 Å². The Balaban J connectivity index is 1.99. The number of imidazole rings is 1. The topological polar surface area (TPSA) is 38.6 Å². The molecule has 154 valence electrons. The summed E-state index contributed by atoms with van der Waals surface area (Å²) in [5.41, 5.74) is -1.72. The van der Waals surface area contributed by atoms with Gasteiger partial charge in [-0.25, -0.2) is 13.8 Å². The molecule has 2 aromatic heterocycles. The third-order valence-corrected chi connectivity index (χ3v) is 5.12. The van der Waals surface area contributed by atoms with Gasteiger partial charge in [0, 0.05) is 18.2 Å². The first-order valence-electron chi connectivity index (χ1n) is 9.18. The van der Waals surface area contributed by atoms with E-state index in [2.05, 4.69) is 10.3 Å². The summed E-state index contributed by atoms with van der Waals surface area (Å²) < 4.78 is 76.1. The van der Waals surface area contributed by atoms with Crippen LogP contribution in [0.2, 0.25) is 0 Å². The predicted octanol–water partition coefficient (Wildman–Crippen LogP) is 5.66. The van der Waals surface area contributed by atoms with Crippen LogP contribution in [0.3, 0.4) is 0 Å². The molecule has 4 rings (SSSR count). The lowest BCUT2D eigenvalue weighted by molar-refractivity contribution is -0.141. The summed E-state index contributed by atoms with van der Waals surface area (Å²) in [4.78, 5) is 4.16. The van der Waals surface area contributed by atoms with Gasteiger partial charge in [-0.3, -0.25) is 4.40 Å². The van der Waals surface area contributed by atoms with Crippen LogP contribution in [-0.4, -0.2) is 22.5 Å². The van der Waals surface area contributed by atoms with Gasteiger partial charge in [0.25, 0.3) is 0 Å². The first-order valence-corrected chi connectivity index (χ1v) is 9.18. The second-order valence-corrected chi connectivity index (χ2v) is 7.00. The minimum atomic E-state index is -4.67. The maximum absolute atomic E-state index is 14.7. The molecule has 0 spiro atoms. The van der Waals surface area contributed by atoms with Gasteiger partial charge in [-0.2, -0.15) is 13.2 Å². The van der Waals surface area contributed by atoms with E-state index in [9.17, 15) is 22.0 Å². The quantitative estimate of drug-likeness (QED) is 0.563. The van der Waals surface area contributed by atoms with Gasteiger partial charge in [-0.1, -0.05) is 18.9 Å². The monoisotopic (exact) mass is 411 g/mol. The molecule has 1 aromatic carbocycles. The van der Waals surface area contributed by atoms with Gasteiger partial charge in [0.05, 0.1) is 12.7 Å². The zero-order valence-corrected chi connectivity index (χ0v) is 15.5. The summed E-state index contributed by atoms with van der Waals surface area (Å²) in [6.45, 7) is 0. The van der Waals surface area contributed by atoms with Crippen molar-refractivity contribution in [2.45, 2.75) is 37.9 Å². The molecular formula is C20H18F5N3O. The first-order chi connectivity index (χ1) is 13.8. The fraction of sp³-hybridized carbons (Fsp3) is 0.350. The molecule has 9 heteroatoms. The number of alkyl halides is 3. The summed E-state index contributed by atoms with van der Waals surface area (Å²) in [6.07, 6.45) is -1.29. The van der Waals surface area contributed by atoms with Gasteiger partial charge in [-0.15, -0.1) is 0 Å². The van der Waals surface area contributed by atoms with Crippen molar-refractivity contribution in [3.8, 4) is 17.0 Å². The number of nitrogens with one attached hydrogen (secondary N) is 1. The standard InChI is InChI=1S/C20H18F5N3O/c1-29-12-9-13(21)17(14(22)10-12)18-19(26-11-5-2-3-6-11)28-15(20(23,24)25)7-4-8-16(28)27-18/h4,7-11,26H,2-3,5-6H2,1H3. The van der Waals surface area contributed by atoms with Crippen LogP contribution < -0.4 is 10.1 Å². The molecule has 1 N–H and O–H groups in total. The van der Waals surface area contributed by atoms with Crippen molar-refractivity contribution >= 4 is 11.5 Å². The van der Waals surface area contributed by atoms with Crippen molar-refractivity contribution in [2.24, 2.45) is 0 Å². The highest BCUT2D eigenvalue weighted by atomic mass is 19.4. The number of hydrogen-bond donors (Lipinski definition) is 1. The molecule has 29 heavy (non-hydrogen) atoms. The summed E-state index contributed by atoms with van der Waals surface area (Å²) in [5.74, 6) is -2.03. The number of ether oxygens (including phenoxy) is 1. The number of halogens is 5. The third kappa shape index (κ3) is 3.49. The number of rotatable bonds is 4. The van der Waals surface area contributed by atoms with Crippen molar-refractivity contribution in [2.75, 3.05) is 12.4 Å². The number of aromatic nitrogens is 2. The molecule has 0 aliphatic heterocycles. The Morgan fingerprint density at radius 1 is 1.10 bits per heavy atom. The molecule has 3 aromatic rings. The van der Waals surface area contributed by atoms with Gasteiger partial charge >= 0.3 is 6.18 Å². The molecule has 2 heterocycles. The Bertz CT molecular complexity index is 1030. The summed E-state index contributed by atoms with van der Waals surface area (Å²) in [6, 6.07) is 5.37. The van der Waals surface area contributed by atoms with Gasteiger partial charge in [-0.05, 0) is 25.0 Å². The molecule has 0 radical (unpaired) electrons. The zero-order valence-electron chi connectivity index (χ0n) is 15.5. The van der Waals surface area contributed by atoms with E-state index < -0.39 is 29.1 Å². The lowest BCUT2D eigenvalue weighted by Gasteiger charge is -2.18. The molecule has 0 amide bonds. The Labute approximate surface area is 163 Å². The lowest BCUT2D eigenvalue weighted by Crippen LogP contribution is -2.19. The van der Waals surface area contributed by atoms with Gasteiger partial charge in [0.2, 0.25) is 0 Å². The second kappa shape index (κ2) is 7.20. The fourth-order valence-corrected chi connectivity index (χ4v) is 3.78. The number of fused-ring (bicyclic) bond motifs is 1. The van der Waals surface area contributed by atoms with Crippen LogP contribution in [0.15, 0.2) is 30.3 Å². The van der Waals surface area contributed by atoms with E-state index in [1.54, 1.807) is 0 Å². The normalized spacial score (nSPS) is 15.2. The summed E-state index contributed by atoms with van der Waals surface area (Å²) >= 11 is 0. The Morgan fingerprint density at radius 2 is 1.76 bits per heavy atom. The highest BCUT2D eigenvalue weighted by Crippen LogP contribution is 2.39. The van der Waals surface area contributed by atoms with Crippen molar-refractivity contribution in [1.82, 2.24) is 9.38 Å². The molecule has 1 fully saturated rings. The molecule has 0 unspecified atom stereocenters.